The van der Waals surface area contributed by atoms with Crippen molar-refractivity contribution in [3.63, 3.8) is 0 Å². The number of thiophene rings is 1. The molecule has 4 aromatic rings. The highest BCUT2D eigenvalue weighted by molar-refractivity contribution is 7.08. The number of esters is 1. The Hall–Kier alpha value is -3.58. The fourth-order valence-electron chi connectivity index (χ4n) is 2.88. The molecule has 0 fully saturated rings. The summed E-state index contributed by atoms with van der Waals surface area (Å²) in [4.78, 5) is 28.5. The van der Waals surface area contributed by atoms with Gasteiger partial charge in [-0.15, -0.1) is 0 Å². The van der Waals surface area contributed by atoms with E-state index < -0.39 is 5.97 Å². The maximum Gasteiger partial charge on any atom is 0.306 e. The van der Waals surface area contributed by atoms with Crippen molar-refractivity contribution in [1.82, 2.24) is 10.1 Å². The van der Waals surface area contributed by atoms with Gasteiger partial charge < -0.3 is 9.26 Å². The van der Waals surface area contributed by atoms with E-state index in [0.29, 0.717) is 11.4 Å². The average molecular weight is 418 g/mol. The summed E-state index contributed by atoms with van der Waals surface area (Å²) in [6.07, 6.45) is 0.0678. The summed E-state index contributed by atoms with van der Waals surface area (Å²) in [6.45, 7) is -0.115. The third-order valence-electron chi connectivity index (χ3n) is 4.47. The van der Waals surface area contributed by atoms with Crippen LogP contribution in [0.5, 0.6) is 0 Å². The molecule has 0 amide bonds. The molecule has 0 aliphatic rings. The molecule has 0 saturated carbocycles. The number of carbonyl (C=O) groups excluding carboxylic acids is 2. The summed E-state index contributed by atoms with van der Waals surface area (Å²) in [5.41, 5.74) is 3.54. The lowest BCUT2D eigenvalue weighted by atomic mass is 10.0. The third kappa shape index (κ3) is 4.87. The van der Waals surface area contributed by atoms with Crippen LogP contribution >= 0.6 is 11.3 Å². The second kappa shape index (κ2) is 9.28. The molecule has 150 valence electrons. The minimum Gasteiger partial charge on any atom is -0.456 e. The van der Waals surface area contributed by atoms with Gasteiger partial charge in [-0.05, 0) is 22.6 Å². The summed E-state index contributed by atoms with van der Waals surface area (Å²) in [7, 11) is 0. The first-order valence-electron chi connectivity index (χ1n) is 9.38. The molecule has 4 rings (SSSR count). The van der Waals surface area contributed by atoms with Gasteiger partial charge in [-0.25, -0.2) is 0 Å². The van der Waals surface area contributed by atoms with Crippen molar-refractivity contribution in [3.8, 4) is 22.5 Å². The normalized spacial score (nSPS) is 10.7. The van der Waals surface area contributed by atoms with E-state index >= 15 is 0 Å². The molecule has 6 nitrogen and oxygen atoms in total. The number of benzene rings is 2. The molecule has 0 bridgehead atoms. The molecule has 0 radical (unpaired) electrons. The van der Waals surface area contributed by atoms with Crippen LogP contribution in [0, 0.1) is 0 Å². The van der Waals surface area contributed by atoms with Crippen LogP contribution in [-0.2, 0) is 16.1 Å². The molecule has 0 saturated heterocycles. The summed E-state index contributed by atoms with van der Waals surface area (Å²) in [5.74, 6) is 0.0763. The SMILES string of the molecule is O=C(CCC(=O)c1ccc(-c2ccccc2)cc1)OCc1nc(-c2ccsc2)no1. The van der Waals surface area contributed by atoms with E-state index in [1.165, 1.54) is 11.3 Å². The maximum absolute atomic E-state index is 12.4. The van der Waals surface area contributed by atoms with Gasteiger partial charge in [0, 0.05) is 22.9 Å². The first-order chi connectivity index (χ1) is 14.7. The molecule has 30 heavy (non-hydrogen) atoms. The second-order valence-corrected chi connectivity index (χ2v) is 7.33. The van der Waals surface area contributed by atoms with Crippen LogP contribution in [0.25, 0.3) is 22.5 Å². The Bertz CT molecular complexity index is 1120. The van der Waals surface area contributed by atoms with Crippen LogP contribution in [0.3, 0.4) is 0 Å². The highest BCUT2D eigenvalue weighted by Crippen LogP contribution is 2.20. The summed E-state index contributed by atoms with van der Waals surface area (Å²) < 4.78 is 10.2. The number of rotatable bonds is 8. The average Bonchev–Trinajstić information content (AvgIpc) is 3.49. The van der Waals surface area contributed by atoms with Crippen molar-refractivity contribution in [2.45, 2.75) is 19.4 Å². The van der Waals surface area contributed by atoms with Crippen LogP contribution in [0.1, 0.15) is 29.1 Å². The molecule has 0 unspecified atom stereocenters. The lowest BCUT2D eigenvalue weighted by Gasteiger charge is -2.05. The molecule has 0 aliphatic heterocycles. The minimum atomic E-state index is -0.487. The van der Waals surface area contributed by atoms with E-state index in [1.54, 1.807) is 12.1 Å². The van der Waals surface area contributed by atoms with Crippen molar-refractivity contribution in [1.29, 1.82) is 0 Å². The monoisotopic (exact) mass is 418 g/mol. The Balaban J connectivity index is 1.25. The van der Waals surface area contributed by atoms with Gasteiger partial charge >= 0.3 is 5.97 Å². The van der Waals surface area contributed by atoms with E-state index in [9.17, 15) is 9.59 Å². The highest BCUT2D eigenvalue weighted by Gasteiger charge is 2.14. The highest BCUT2D eigenvalue weighted by atomic mass is 32.1. The van der Waals surface area contributed by atoms with Crippen molar-refractivity contribution in [2.24, 2.45) is 0 Å². The topological polar surface area (TPSA) is 82.3 Å². The third-order valence-corrected chi connectivity index (χ3v) is 5.16. The summed E-state index contributed by atoms with van der Waals surface area (Å²) in [6, 6.07) is 19.2. The largest absolute Gasteiger partial charge is 0.456 e. The van der Waals surface area contributed by atoms with Gasteiger partial charge in [0.15, 0.2) is 12.4 Å². The molecule has 0 atom stereocenters. The Kier molecular flexibility index (Phi) is 6.10. The van der Waals surface area contributed by atoms with Crippen LogP contribution in [-0.4, -0.2) is 21.9 Å². The zero-order valence-electron chi connectivity index (χ0n) is 16.0. The number of ether oxygens (including phenoxy) is 1. The zero-order valence-corrected chi connectivity index (χ0v) is 16.8. The Labute approximate surface area is 177 Å². The molecular weight excluding hydrogens is 400 g/mol. The Morgan fingerprint density at radius 1 is 0.900 bits per heavy atom. The molecular formula is C23H18N2O4S. The molecule has 2 heterocycles. The number of ketones is 1. The number of Topliss-reactive ketones (excluding diaryl/α,β-unsaturated/α-hetero) is 1. The Morgan fingerprint density at radius 2 is 1.67 bits per heavy atom. The molecule has 0 aliphatic carbocycles. The van der Waals surface area contributed by atoms with Crippen LogP contribution in [0.4, 0.5) is 0 Å². The molecule has 0 N–H and O–H groups in total. The van der Waals surface area contributed by atoms with Crippen LogP contribution in [0.15, 0.2) is 75.9 Å². The van der Waals surface area contributed by atoms with E-state index in [-0.39, 0.29) is 31.1 Å². The predicted octanol–water partition coefficient (Wildman–Crippen LogP) is 5.17. The van der Waals surface area contributed by atoms with E-state index in [0.717, 1.165) is 16.7 Å². The van der Waals surface area contributed by atoms with Gasteiger partial charge in [-0.2, -0.15) is 16.3 Å². The number of nitrogens with zero attached hydrogens (tertiary/aromatic N) is 2. The molecule has 0 spiro atoms. The standard InChI is InChI=1S/C23H18N2O4S/c26-20(18-8-6-17(7-9-18)16-4-2-1-3-5-16)10-11-22(27)28-14-21-24-23(25-29-21)19-12-13-30-15-19/h1-9,12-13,15H,10-11,14H2. The Morgan fingerprint density at radius 3 is 2.40 bits per heavy atom. The summed E-state index contributed by atoms with van der Waals surface area (Å²) >= 11 is 1.53. The van der Waals surface area contributed by atoms with Gasteiger partial charge in [-0.1, -0.05) is 59.8 Å². The number of hydrogen-bond acceptors (Lipinski definition) is 7. The lowest BCUT2D eigenvalue weighted by Crippen LogP contribution is -2.08. The second-order valence-electron chi connectivity index (χ2n) is 6.55. The van der Waals surface area contributed by atoms with Crippen molar-refractivity contribution >= 4 is 23.1 Å². The first-order valence-corrected chi connectivity index (χ1v) is 10.3. The van der Waals surface area contributed by atoms with Gasteiger partial charge in [-0.3, -0.25) is 9.59 Å². The fraction of sp³-hybridized carbons (Fsp3) is 0.130. The number of aromatic nitrogens is 2. The fourth-order valence-corrected chi connectivity index (χ4v) is 3.51. The lowest BCUT2D eigenvalue weighted by molar-refractivity contribution is -0.145. The molecule has 2 aromatic carbocycles. The van der Waals surface area contributed by atoms with Crippen molar-refractivity contribution in [3.05, 3.63) is 82.9 Å². The predicted molar refractivity (Wildman–Crippen MR) is 113 cm³/mol. The quantitative estimate of drug-likeness (QED) is 0.290. The first kappa shape index (κ1) is 19.7. The molecule has 7 heteroatoms. The van der Waals surface area contributed by atoms with Crippen molar-refractivity contribution in [2.75, 3.05) is 0 Å². The van der Waals surface area contributed by atoms with Crippen molar-refractivity contribution < 1.29 is 18.8 Å². The van der Waals surface area contributed by atoms with E-state index in [1.807, 2.05) is 59.3 Å². The maximum atomic E-state index is 12.4. The van der Waals surface area contributed by atoms with E-state index in [4.69, 9.17) is 9.26 Å². The van der Waals surface area contributed by atoms with Gasteiger partial charge in [0.25, 0.3) is 5.89 Å². The summed E-state index contributed by atoms with van der Waals surface area (Å²) in [5, 5.41) is 7.67. The number of hydrogen-bond donors (Lipinski definition) is 0. The zero-order chi connectivity index (χ0) is 20.8. The van der Waals surface area contributed by atoms with Gasteiger partial charge in [0.05, 0.1) is 6.42 Å². The van der Waals surface area contributed by atoms with Gasteiger partial charge in [0.1, 0.15) is 0 Å². The van der Waals surface area contributed by atoms with Crippen LogP contribution < -0.4 is 0 Å². The smallest absolute Gasteiger partial charge is 0.306 e. The number of carbonyl (C=O) groups is 2. The van der Waals surface area contributed by atoms with E-state index in [2.05, 4.69) is 10.1 Å². The minimum absolute atomic E-state index is 0.00913. The van der Waals surface area contributed by atoms with Gasteiger partial charge in [0.2, 0.25) is 5.82 Å². The molecule has 2 aromatic heterocycles. The van der Waals surface area contributed by atoms with Crippen LogP contribution in [0.2, 0.25) is 0 Å².